The van der Waals surface area contributed by atoms with Gasteiger partial charge in [0.05, 0.1) is 10.9 Å². The number of hydrogen-bond acceptors (Lipinski definition) is 2. The van der Waals surface area contributed by atoms with Crippen LogP contribution in [0.15, 0.2) is 83.8 Å². The molecule has 0 aliphatic rings. The normalized spacial score (nSPS) is 11.6. The maximum Gasteiger partial charge on any atom is 0.241 e. The zero-order chi connectivity index (χ0) is 17.9. The van der Waals surface area contributed by atoms with Crippen molar-refractivity contribution >= 4 is 10.0 Å². The molecule has 0 spiro atoms. The lowest BCUT2D eigenvalue weighted by atomic mass is 10.00. The lowest BCUT2D eigenvalue weighted by molar-refractivity contribution is 0.571. The summed E-state index contributed by atoms with van der Waals surface area (Å²) in [5.41, 5.74) is 3.59. The van der Waals surface area contributed by atoms with Crippen LogP contribution in [-0.4, -0.2) is 8.42 Å². The Balaban J connectivity index is 2.03. The van der Waals surface area contributed by atoms with Gasteiger partial charge in [-0.15, -0.1) is 0 Å². The van der Waals surface area contributed by atoms with Gasteiger partial charge in [-0.3, -0.25) is 0 Å². The van der Waals surface area contributed by atoms with Crippen LogP contribution in [0.5, 0.6) is 0 Å². The Labute approximate surface area is 149 Å². The minimum atomic E-state index is -3.65. The second-order valence-corrected chi connectivity index (χ2v) is 7.83. The number of benzene rings is 3. The van der Waals surface area contributed by atoms with Gasteiger partial charge in [0.1, 0.15) is 0 Å². The molecule has 1 N–H and O–H groups in total. The summed E-state index contributed by atoms with van der Waals surface area (Å²) in [6.45, 7) is 3.77. The molecule has 3 aromatic carbocycles. The molecule has 4 heteroatoms. The van der Waals surface area contributed by atoms with Gasteiger partial charge in [-0.2, -0.15) is 4.72 Å². The van der Waals surface area contributed by atoms with Crippen molar-refractivity contribution in [3.05, 3.63) is 101 Å². The molecule has 3 nitrogen and oxygen atoms in total. The molecule has 128 valence electrons. The minimum absolute atomic E-state index is 0.315. The Bertz CT molecular complexity index is 912. The number of hydrogen-bond donors (Lipinski definition) is 1. The van der Waals surface area contributed by atoms with Crippen LogP contribution >= 0.6 is 0 Å². The lowest BCUT2D eigenvalue weighted by Gasteiger charge is -2.20. The van der Waals surface area contributed by atoms with E-state index in [1.165, 1.54) is 0 Å². The lowest BCUT2D eigenvalue weighted by Crippen LogP contribution is -2.30. The second kappa shape index (κ2) is 7.21. The quantitative estimate of drug-likeness (QED) is 0.742. The predicted molar refractivity (Wildman–Crippen MR) is 101 cm³/mol. The van der Waals surface area contributed by atoms with Gasteiger partial charge < -0.3 is 0 Å². The first-order valence-electron chi connectivity index (χ1n) is 8.17. The molecule has 0 radical (unpaired) electrons. The van der Waals surface area contributed by atoms with Gasteiger partial charge >= 0.3 is 0 Å². The summed E-state index contributed by atoms with van der Waals surface area (Å²) < 4.78 is 28.9. The zero-order valence-electron chi connectivity index (χ0n) is 14.3. The summed E-state index contributed by atoms with van der Waals surface area (Å²) in [7, 11) is -3.65. The standard InChI is InChI=1S/C21H21NO2S/c1-16-13-14-20(17(2)15-16)25(23,24)22-21(18-9-5-3-6-10-18)19-11-7-4-8-12-19/h3-15,21-22H,1-2H3. The van der Waals surface area contributed by atoms with Crippen LogP contribution in [0.3, 0.4) is 0 Å². The van der Waals surface area contributed by atoms with Gasteiger partial charge in [0.2, 0.25) is 10.0 Å². The third kappa shape index (κ3) is 3.98. The highest BCUT2D eigenvalue weighted by molar-refractivity contribution is 7.89. The van der Waals surface area contributed by atoms with E-state index in [0.29, 0.717) is 4.90 Å². The van der Waals surface area contributed by atoms with Crippen LogP contribution in [0.2, 0.25) is 0 Å². The third-order valence-electron chi connectivity index (χ3n) is 4.16. The van der Waals surface area contributed by atoms with E-state index >= 15 is 0 Å². The molecule has 0 heterocycles. The van der Waals surface area contributed by atoms with Crippen LogP contribution in [0.25, 0.3) is 0 Å². The fraction of sp³-hybridized carbons (Fsp3) is 0.143. The molecule has 0 aliphatic carbocycles. The number of rotatable bonds is 5. The van der Waals surface area contributed by atoms with E-state index in [1.54, 1.807) is 6.07 Å². The smallest absolute Gasteiger partial charge is 0.207 e. The summed E-state index contributed by atoms with van der Waals surface area (Å²) in [5, 5.41) is 0. The largest absolute Gasteiger partial charge is 0.241 e. The van der Waals surface area contributed by atoms with Crippen molar-refractivity contribution in [2.24, 2.45) is 0 Å². The highest BCUT2D eigenvalue weighted by Crippen LogP contribution is 2.25. The summed E-state index contributed by atoms with van der Waals surface area (Å²) in [6.07, 6.45) is 0. The van der Waals surface area contributed by atoms with Crippen LogP contribution in [0.4, 0.5) is 0 Å². The first-order valence-corrected chi connectivity index (χ1v) is 9.65. The first kappa shape index (κ1) is 17.4. The fourth-order valence-electron chi connectivity index (χ4n) is 2.94. The van der Waals surface area contributed by atoms with Crippen LogP contribution in [-0.2, 0) is 10.0 Å². The summed E-state index contributed by atoms with van der Waals surface area (Å²) in [6, 6.07) is 24.2. The third-order valence-corrected chi connectivity index (χ3v) is 5.74. The Hall–Kier alpha value is -2.43. The molecular weight excluding hydrogens is 330 g/mol. The summed E-state index contributed by atoms with van der Waals surface area (Å²) >= 11 is 0. The van der Waals surface area contributed by atoms with Gasteiger partial charge in [0.15, 0.2) is 0 Å². The van der Waals surface area contributed by atoms with Gasteiger partial charge in [-0.25, -0.2) is 8.42 Å². The summed E-state index contributed by atoms with van der Waals surface area (Å²) in [5.74, 6) is 0. The van der Waals surface area contributed by atoms with Gasteiger partial charge in [-0.1, -0.05) is 78.4 Å². The van der Waals surface area contributed by atoms with Gasteiger partial charge in [0, 0.05) is 0 Å². The average Bonchev–Trinajstić information content (AvgIpc) is 2.61. The predicted octanol–water partition coefficient (Wildman–Crippen LogP) is 4.37. The summed E-state index contributed by atoms with van der Waals surface area (Å²) in [4.78, 5) is 0.315. The van der Waals surface area contributed by atoms with E-state index in [4.69, 9.17) is 0 Å². The van der Waals surface area contributed by atoms with E-state index in [1.807, 2.05) is 86.6 Å². The maximum absolute atomic E-state index is 13.0. The maximum atomic E-state index is 13.0. The van der Waals surface area contributed by atoms with Crippen molar-refractivity contribution in [3.8, 4) is 0 Å². The van der Waals surface area contributed by atoms with Crippen molar-refractivity contribution in [3.63, 3.8) is 0 Å². The van der Waals surface area contributed by atoms with E-state index < -0.39 is 16.1 Å². The number of sulfonamides is 1. The van der Waals surface area contributed by atoms with Crippen molar-refractivity contribution in [1.29, 1.82) is 0 Å². The van der Waals surface area contributed by atoms with E-state index in [2.05, 4.69) is 4.72 Å². The van der Waals surface area contributed by atoms with Crippen molar-refractivity contribution in [2.75, 3.05) is 0 Å². The molecule has 3 aromatic rings. The second-order valence-electron chi connectivity index (χ2n) is 6.14. The molecular formula is C21H21NO2S. The Morgan fingerprint density at radius 1 is 0.760 bits per heavy atom. The first-order chi connectivity index (χ1) is 12.0. The topological polar surface area (TPSA) is 46.2 Å². The zero-order valence-corrected chi connectivity index (χ0v) is 15.1. The van der Waals surface area contributed by atoms with Crippen LogP contribution < -0.4 is 4.72 Å². The molecule has 25 heavy (non-hydrogen) atoms. The van der Waals surface area contributed by atoms with E-state index in [0.717, 1.165) is 22.3 Å². The van der Waals surface area contributed by atoms with Crippen molar-refractivity contribution in [2.45, 2.75) is 24.8 Å². The van der Waals surface area contributed by atoms with Crippen LogP contribution in [0.1, 0.15) is 28.3 Å². The monoisotopic (exact) mass is 351 g/mol. The molecule has 0 saturated carbocycles. The molecule has 0 aromatic heterocycles. The molecule has 0 aliphatic heterocycles. The minimum Gasteiger partial charge on any atom is -0.207 e. The highest BCUT2D eigenvalue weighted by atomic mass is 32.2. The molecule has 0 unspecified atom stereocenters. The van der Waals surface area contributed by atoms with Gasteiger partial charge in [-0.05, 0) is 36.6 Å². The Morgan fingerprint density at radius 3 is 1.76 bits per heavy atom. The SMILES string of the molecule is Cc1ccc(S(=O)(=O)NC(c2ccccc2)c2ccccc2)c(C)c1. The number of nitrogens with one attached hydrogen (secondary N) is 1. The highest BCUT2D eigenvalue weighted by Gasteiger charge is 2.24. The molecule has 0 bridgehead atoms. The fourth-order valence-corrected chi connectivity index (χ4v) is 4.38. The molecule has 0 fully saturated rings. The Kier molecular flexibility index (Phi) is 5.02. The van der Waals surface area contributed by atoms with Crippen LogP contribution in [0, 0.1) is 13.8 Å². The molecule has 3 rings (SSSR count). The molecule has 0 amide bonds. The van der Waals surface area contributed by atoms with Gasteiger partial charge in [0.25, 0.3) is 0 Å². The van der Waals surface area contributed by atoms with Crippen molar-refractivity contribution in [1.82, 2.24) is 4.72 Å². The van der Waals surface area contributed by atoms with E-state index in [-0.39, 0.29) is 0 Å². The molecule has 0 saturated heterocycles. The van der Waals surface area contributed by atoms with E-state index in [9.17, 15) is 8.42 Å². The number of aryl methyl sites for hydroxylation is 2. The Morgan fingerprint density at radius 2 is 1.28 bits per heavy atom. The average molecular weight is 351 g/mol. The molecule has 0 atom stereocenters. The van der Waals surface area contributed by atoms with Crippen molar-refractivity contribution < 1.29 is 8.42 Å².